The number of aliphatic hydroxyl groups is 1. The molecule has 0 aliphatic rings. The quantitative estimate of drug-likeness (QED) is 0.824. The second kappa shape index (κ2) is 6.57. The predicted molar refractivity (Wildman–Crippen MR) is 70.4 cm³/mol. The topological polar surface area (TPSA) is 82.1 Å². The van der Waals surface area contributed by atoms with Crippen LogP contribution in [0.25, 0.3) is 0 Å². The Hall–Kier alpha value is -2.32. The van der Waals surface area contributed by atoms with Crippen LogP contribution >= 0.6 is 0 Å². The molecule has 2 aromatic heterocycles. The van der Waals surface area contributed by atoms with Gasteiger partial charge in [0.05, 0.1) is 11.8 Å². The molecule has 0 radical (unpaired) electrons. The molecule has 0 aliphatic heterocycles. The Morgan fingerprint density at radius 2 is 2.32 bits per heavy atom. The minimum absolute atomic E-state index is 0.0589. The maximum Gasteiger partial charge on any atom is 0.125 e. The van der Waals surface area contributed by atoms with Gasteiger partial charge in [0.2, 0.25) is 0 Å². The summed E-state index contributed by atoms with van der Waals surface area (Å²) in [4.78, 5) is 4.11. The number of nitrogens with one attached hydrogen (secondary N) is 1. The molecule has 1 unspecified atom stereocenters. The Morgan fingerprint density at radius 1 is 1.42 bits per heavy atom. The van der Waals surface area contributed by atoms with Crippen LogP contribution in [0.5, 0.6) is 0 Å². The minimum Gasteiger partial charge on any atom is -0.469 e. The van der Waals surface area contributed by atoms with E-state index in [1.807, 2.05) is 18.2 Å². The first-order chi connectivity index (χ1) is 9.31. The van der Waals surface area contributed by atoms with Crippen molar-refractivity contribution in [2.45, 2.75) is 6.42 Å². The van der Waals surface area contributed by atoms with Crippen LogP contribution in [-0.4, -0.2) is 23.2 Å². The predicted octanol–water partition coefficient (Wildman–Crippen LogP) is 1.81. The summed E-state index contributed by atoms with van der Waals surface area (Å²) in [6, 6.07) is 9.20. The molecule has 2 aromatic rings. The van der Waals surface area contributed by atoms with E-state index in [4.69, 9.17) is 9.68 Å². The lowest BCUT2D eigenvalue weighted by Crippen LogP contribution is -2.20. The van der Waals surface area contributed by atoms with Gasteiger partial charge >= 0.3 is 0 Å². The van der Waals surface area contributed by atoms with Crippen molar-refractivity contribution in [1.82, 2.24) is 4.98 Å². The van der Waals surface area contributed by atoms with E-state index < -0.39 is 0 Å². The van der Waals surface area contributed by atoms with Crippen molar-refractivity contribution in [2.24, 2.45) is 5.92 Å². The lowest BCUT2D eigenvalue weighted by molar-refractivity contribution is 0.226. The molecule has 0 amide bonds. The van der Waals surface area contributed by atoms with Crippen LogP contribution < -0.4 is 5.32 Å². The van der Waals surface area contributed by atoms with Crippen molar-refractivity contribution < 1.29 is 9.52 Å². The number of hydrogen-bond donors (Lipinski definition) is 2. The highest BCUT2D eigenvalue weighted by Gasteiger charge is 2.10. The van der Waals surface area contributed by atoms with Gasteiger partial charge in [0.15, 0.2) is 0 Å². The SMILES string of the molecule is N#Cc1ccc(NCC(CO)Cc2ccco2)nc1. The smallest absolute Gasteiger partial charge is 0.125 e. The third kappa shape index (κ3) is 3.83. The fourth-order valence-electron chi connectivity index (χ4n) is 1.73. The molecule has 1 atom stereocenters. The molecule has 2 N–H and O–H groups in total. The average Bonchev–Trinajstić information content (AvgIpc) is 2.97. The number of anilines is 1. The molecular weight excluding hydrogens is 242 g/mol. The summed E-state index contributed by atoms with van der Waals surface area (Å²) in [5, 5.41) is 21.2. The summed E-state index contributed by atoms with van der Waals surface area (Å²) in [5.74, 6) is 1.61. The van der Waals surface area contributed by atoms with E-state index >= 15 is 0 Å². The first-order valence-corrected chi connectivity index (χ1v) is 6.05. The number of aliphatic hydroxyl groups excluding tert-OH is 1. The molecule has 2 rings (SSSR count). The van der Waals surface area contributed by atoms with Crippen molar-refractivity contribution in [2.75, 3.05) is 18.5 Å². The van der Waals surface area contributed by atoms with Gasteiger partial charge in [0, 0.05) is 31.7 Å². The van der Waals surface area contributed by atoms with Crippen molar-refractivity contribution in [3.05, 3.63) is 48.0 Å². The first-order valence-electron chi connectivity index (χ1n) is 6.05. The number of hydrogen-bond acceptors (Lipinski definition) is 5. The zero-order valence-corrected chi connectivity index (χ0v) is 10.4. The van der Waals surface area contributed by atoms with Gasteiger partial charge in [-0.1, -0.05) is 0 Å². The van der Waals surface area contributed by atoms with Crippen LogP contribution in [0.4, 0.5) is 5.82 Å². The van der Waals surface area contributed by atoms with Gasteiger partial charge < -0.3 is 14.8 Å². The van der Waals surface area contributed by atoms with E-state index in [0.29, 0.717) is 24.3 Å². The minimum atomic E-state index is 0.0589. The Bertz CT molecular complexity index is 529. The average molecular weight is 257 g/mol. The van der Waals surface area contributed by atoms with Crippen molar-refractivity contribution in [1.29, 1.82) is 5.26 Å². The fourth-order valence-corrected chi connectivity index (χ4v) is 1.73. The summed E-state index contributed by atoms with van der Waals surface area (Å²) >= 11 is 0. The second-order valence-electron chi connectivity index (χ2n) is 4.26. The van der Waals surface area contributed by atoms with Crippen LogP contribution in [-0.2, 0) is 6.42 Å². The summed E-state index contributed by atoms with van der Waals surface area (Å²) in [5.41, 5.74) is 0.528. The highest BCUT2D eigenvalue weighted by molar-refractivity contribution is 5.38. The van der Waals surface area contributed by atoms with Crippen LogP contribution in [0.3, 0.4) is 0 Å². The lowest BCUT2D eigenvalue weighted by atomic mass is 10.1. The molecule has 2 heterocycles. The van der Waals surface area contributed by atoms with Gasteiger partial charge in [-0.05, 0) is 24.3 Å². The summed E-state index contributed by atoms with van der Waals surface area (Å²) in [6.45, 7) is 0.667. The van der Waals surface area contributed by atoms with E-state index in [9.17, 15) is 5.11 Å². The van der Waals surface area contributed by atoms with E-state index in [-0.39, 0.29) is 12.5 Å². The Labute approximate surface area is 111 Å². The molecular formula is C14H15N3O2. The summed E-state index contributed by atoms with van der Waals surface area (Å²) in [6.07, 6.45) is 3.81. The third-order valence-electron chi connectivity index (χ3n) is 2.79. The maximum absolute atomic E-state index is 9.34. The molecule has 0 saturated heterocycles. The summed E-state index contributed by atoms with van der Waals surface area (Å²) < 4.78 is 5.26. The standard InChI is InChI=1S/C14H15N3O2/c15-7-11-3-4-14(16-8-11)17-9-12(10-18)6-13-2-1-5-19-13/h1-5,8,12,18H,6,9-10H2,(H,16,17). The molecule has 0 aliphatic carbocycles. The molecule has 19 heavy (non-hydrogen) atoms. The molecule has 0 fully saturated rings. The fraction of sp³-hybridized carbons (Fsp3) is 0.286. The van der Waals surface area contributed by atoms with Crippen LogP contribution in [0, 0.1) is 17.2 Å². The highest BCUT2D eigenvalue weighted by Crippen LogP contribution is 2.11. The molecule has 5 nitrogen and oxygen atoms in total. The van der Waals surface area contributed by atoms with Crippen LogP contribution in [0.1, 0.15) is 11.3 Å². The second-order valence-corrected chi connectivity index (χ2v) is 4.26. The van der Waals surface area contributed by atoms with Gasteiger partial charge in [0.1, 0.15) is 17.6 Å². The van der Waals surface area contributed by atoms with Crippen molar-refractivity contribution >= 4 is 5.82 Å². The van der Waals surface area contributed by atoms with Crippen LogP contribution in [0.2, 0.25) is 0 Å². The number of rotatable bonds is 6. The van der Waals surface area contributed by atoms with Crippen LogP contribution in [0.15, 0.2) is 41.1 Å². The van der Waals surface area contributed by atoms with E-state index in [1.54, 1.807) is 18.4 Å². The molecule has 0 aromatic carbocycles. The Balaban J connectivity index is 1.87. The lowest BCUT2D eigenvalue weighted by Gasteiger charge is -2.14. The molecule has 0 spiro atoms. The first kappa shape index (κ1) is 13.1. The molecule has 0 saturated carbocycles. The van der Waals surface area contributed by atoms with Gasteiger partial charge in [-0.15, -0.1) is 0 Å². The van der Waals surface area contributed by atoms with Gasteiger partial charge in [-0.2, -0.15) is 5.26 Å². The van der Waals surface area contributed by atoms with Crippen molar-refractivity contribution in [3.8, 4) is 6.07 Å². The number of furan rings is 1. The van der Waals surface area contributed by atoms with E-state index in [2.05, 4.69) is 10.3 Å². The highest BCUT2D eigenvalue weighted by atomic mass is 16.3. The monoisotopic (exact) mass is 257 g/mol. The van der Waals surface area contributed by atoms with Gasteiger partial charge in [-0.3, -0.25) is 0 Å². The normalized spacial score (nSPS) is 11.8. The molecule has 98 valence electrons. The largest absolute Gasteiger partial charge is 0.469 e. The number of nitriles is 1. The van der Waals surface area contributed by atoms with Gasteiger partial charge in [0.25, 0.3) is 0 Å². The Morgan fingerprint density at radius 3 is 2.89 bits per heavy atom. The zero-order chi connectivity index (χ0) is 13.5. The molecule has 0 bridgehead atoms. The molecule has 5 heteroatoms. The summed E-state index contributed by atoms with van der Waals surface area (Å²) in [7, 11) is 0. The van der Waals surface area contributed by atoms with E-state index in [1.165, 1.54) is 6.20 Å². The van der Waals surface area contributed by atoms with Gasteiger partial charge in [-0.25, -0.2) is 4.98 Å². The van der Waals surface area contributed by atoms with Crippen molar-refractivity contribution in [3.63, 3.8) is 0 Å². The maximum atomic E-state index is 9.34. The number of aromatic nitrogens is 1. The number of pyridine rings is 1. The Kier molecular flexibility index (Phi) is 4.54. The number of nitrogens with zero attached hydrogens (tertiary/aromatic N) is 2. The third-order valence-corrected chi connectivity index (χ3v) is 2.79. The van der Waals surface area contributed by atoms with E-state index in [0.717, 1.165) is 5.76 Å². The zero-order valence-electron chi connectivity index (χ0n) is 10.4.